The second kappa shape index (κ2) is 5.83. The lowest BCUT2D eigenvalue weighted by Crippen LogP contribution is -2.23. The van der Waals surface area contributed by atoms with Gasteiger partial charge in [0.05, 0.1) is 6.54 Å². The van der Waals surface area contributed by atoms with Crippen LogP contribution in [0.15, 0.2) is 42.6 Å². The van der Waals surface area contributed by atoms with Crippen LogP contribution in [0.1, 0.15) is 24.6 Å². The highest BCUT2D eigenvalue weighted by Gasteiger charge is 2.08. The molecule has 0 spiro atoms. The van der Waals surface area contributed by atoms with Gasteiger partial charge in [-0.3, -0.25) is 0 Å². The fourth-order valence-electron chi connectivity index (χ4n) is 2.01. The first-order chi connectivity index (χ1) is 8.70. The van der Waals surface area contributed by atoms with E-state index in [0.29, 0.717) is 12.1 Å². The van der Waals surface area contributed by atoms with E-state index in [4.69, 9.17) is 5.73 Å². The van der Waals surface area contributed by atoms with E-state index in [2.05, 4.69) is 17.6 Å². The normalized spacial score (nSPS) is 12.6. The van der Waals surface area contributed by atoms with E-state index in [0.717, 1.165) is 18.5 Å². The summed E-state index contributed by atoms with van der Waals surface area (Å²) in [6.45, 7) is 2.64. The summed E-state index contributed by atoms with van der Waals surface area (Å²) in [7, 11) is 0. The zero-order valence-corrected chi connectivity index (χ0v) is 10.6. The van der Waals surface area contributed by atoms with Gasteiger partial charge >= 0.3 is 0 Å². The van der Waals surface area contributed by atoms with Crippen LogP contribution >= 0.6 is 0 Å². The maximum atomic E-state index is 13.6. The van der Waals surface area contributed by atoms with Gasteiger partial charge in [-0.1, -0.05) is 25.1 Å². The molecule has 0 aliphatic carbocycles. The predicted molar refractivity (Wildman–Crippen MR) is 71.9 cm³/mol. The van der Waals surface area contributed by atoms with E-state index in [1.165, 1.54) is 6.07 Å². The highest BCUT2D eigenvalue weighted by molar-refractivity contribution is 5.20. The number of aromatic nitrogens is 1. The smallest absolute Gasteiger partial charge is 0.128 e. The summed E-state index contributed by atoms with van der Waals surface area (Å²) in [6.07, 6.45) is 3.76. The van der Waals surface area contributed by atoms with E-state index in [9.17, 15) is 4.39 Å². The van der Waals surface area contributed by atoms with Crippen LogP contribution in [0.2, 0.25) is 0 Å². The third-order valence-electron chi connectivity index (χ3n) is 3.22. The number of nitrogens with zero attached hydrogens (tertiary/aromatic N) is 1. The number of halogens is 1. The Morgan fingerprint density at radius 2 is 2.00 bits per heavy atom. The minimum atomic E-state index is -0.156. The van der Waals surface area contributed by atoms with Crippen LogP contribution < -0.4 is 5.73 Å². The highest BCUT2D eigenvalue weighted by Crippen LogP contribution is 2.13. The molecule has 0 saturated heterocycles. The first kappa shape index (κ1) is 12.8. The molecule has 2 N–H and O–H groups in total. The molecule has 0 aliphatic rings. The van der Waals surface area contributed by atoms with E-state index in [-0.39, 0.29) is 11.9 Å². The number of hydrogen-bond donors (Lipinski definition) is 1. The van der Waals surface area contributed by atoms with Crippen LogP contribution in [0.4, 0.5) is 4.39 Å². The third-order valence-corrected chi connectivity index (χ3v) is 3.22. The number of benzene rings is 1. The van der Waals surface area contributed by atoms with Crippen molar-refractivity contribution in [1.29, 1.82) is 0 Å². The van der Waals surface area contributed by atoms with Gasteiger partial charge in [0.25, 0.3) is 0 Å². The Hall–Kier alpha value is -1.61. The van der Waals surface area contributed by atoms with Gasteiger partial charge in [0.2, 0.25) is 0 Å². The molecule has 1 heterocycles. The molecule has 1 unspecified atom stereocenters. The maximum Gasteiger partial charge on any atom is 0.128 e. The van der Waals surface area contributed by atoms with Crippen molar-refractivity contribution in [3.8, 4) is 0 Å². The first-order valence-electron chi connectivity index (χ1n) is 6.33. The van der Waals surface area contributed by atoms with Crippen molar-refractivity contribution in [3.05, 3.63) is 59.7 Å². The molecule has 0 amide bonds. The second-order valence-electron chi connectivity index (χ2n) is 4.59. The van der Waals surface area contributed by atoms with E-state index < -0.39 is 0 Å². The Morgan fingerprint density at radius 1 is 1.22 bits per heavy atom. The Labute approximate surface area is 107 Å². The predicted octanol–water partition coefficient (Wildman–Crippen LogP) is 2.96. The summed E-state index contributed by atoms with van der Waals surface area (Å²) in [6, 6.07) is 11.1. The summed E-state index contributed by atoms with van der Waals surface area (Å²) in [5.74, 6) is -0.156. The third kappa shape index (κ3) is 2.99. The summed E-state index contributed by atoms with van der Waals surface area (Å²) in [4.78, 5) is 0. The molecule has 1 aromatic heterocycles. The van der Waals surface area contributed by atoms with E-state index >= 15 is 0 Å². The topological polar surface area (TPSA) is 30.9 Å². The van der Waals surface area contributed by atoms with Crippen molar-refractivity contribution in [2.24, 2.45) is 5.73 Å². The molecule has 0 bridgehead atoms. The average molecular weight is 246 g/mol. The maximum absolute atomic E-state index is 13.6. The summed E-state index contributed by atoms with van der Waals surface area (Å²) < 4.78 is 15.7. The molecular weight excluding hydrogens is 227 g/mol. The molecule has 2 aromatic rings. The quantitative estimate of drug-likeness (QED) is 0.864. The molecule has 1 atom stereocenters. The van der Waals surface area contributed by atoms with E-state index in [1.807, 2.05) is 24.4 Å². The molecule has 0 saturated carbocycles. The largest absolute Gasteiger partial charge is 0.347 e. The highest BCUT2D eigenvalue weighted by atomic mass is 19.1. The average Bonchev–Trinajstić information content (AvgIpc) is 2.79. The Morgan fingerprint density at radius 3 is 2.72 bits per heavy atom. The molecule has 0 aliphatic heterocycles. The number of nitrogens with two attached hydrogens (primary N) is 1. The molecule has 2 rings (SSSR count). The Bertz CT molecular complexity index is 505. The van der Waals surface area contributed by atoms with Crippen LogP contribution in [0.25, 0.3) is 0 Å². The first-order valence-corrected chi connectivity index (χ1v) is 6.33. The Balaban J connectivity index is 2.15. The lowest BCUT2D eigenvalue weighted by atomic mass is 10.1. The van der Waals surface area contributed by atoms with Gasteiger partial charge in [-0.25, -0.2) is 4.39 Å². The van der Waals surface area contributed by atoms with Gasteiger partial charge in [0.15, 0.2) is 0 Å². The fourth-order valence-corrected chi connectivity index (χ4v) is 2.01. The molecule has 3 heteroatoms. The van der Waals surface area contributed by atoms with Crippen LogP contribution in [-0.2, 0) is 13.0 Å². The zero-order chi connectivity index (χ0) is 13.0. The SMILES string of the molecule is CCC(N)Cc1cccn1Cc1ccccc1F. The van der Waals surface area contributed by atoms with Gasteiger partial charge in [-0.15, -0.1) is 0 Å². The summed E-state index contributed by atoms with van der Waals surface area (Å²) >= 11 is 0. The molecule has 96 valence electrons. The monoisotopic (exact) mass is 246 g/mol. The molecule has 2 nitrogen and oxygen atoms in total. The zero-order valence-electron chi connectivity index (χ0n) is 10.6. The van der Waals surface area contributed by atoms with Crippen molar-refractivity contribution in [2.45, 2.75) is 32.4 Å². The number of hydrogen-bond acceptors (Lipinski definition) is 1. The van der Waals surface area contributed by atoms with Crippen LogP contribution in [-0.4, -0.2) is 10.6 Å². The van der Waals surface area contributed by atoms with Crippen LogP contribution in [0, 0.1) is 5.82 Å². The molecule has 0 radical (unpaired) electrons. The van der Waals surface area contributed by atoms with Crippen molar-refractivity contribution in [3.63, 3.8) is 0 Å². The van der Waals surface area contributed by atoms with Gasteiger partial charge in [0.1, 0.15) is 5.82 Å². The van der Waals surface area contributed by atoms with Crippen molar-refractivity contribution < 1.29 is 4.39 Å². The van der Waals surface area contributed by atoms with Crippen molar-refractivity contribution in [1.82, 2.24) is 4.57 Å². The molecule has 0 fully saturated rings. The number of rotatable bonds is 5. The summed E-state index contributed by atoms with van der Waals surface area (Å²) in [5, 5.41) is 0. The van der Waals surface area contributed by atoms with Gasteiger partial charge in [0, 0.05) is 29.9 Å². The van der Waals surface area contributed by atoms with Gasteiger partial charge in [-0.05, 0) is 24.6 Å². The minimum absolute atomic E-state index is 0.156. The second-order valence-corrected chi connectivity index (χ2v) is 4.59. The van der Waals surface area contributed by atoms with E-state index in [1.54, 1.807) is 6.07 Å². The van der Waals surface area contributed by atoms with Crippen molar-refractivity contribution in [2.75, 3.05) is 0 Å². The molecule has 1 aromatic carbocycles. The lowest BCUT2D eigenvalue weighted by molar-refractivity contribution is 0.582. The molecule has 18 heavy (non-hydrogen) atoms. The van der Waals surface area contributed by atoms with Gasteiger partial charge < -0.3 is 10.3 Å². The molecular formula is C15H19FN2. The standard InChI is InChI=1S/C15H19FN2/c1-2-13(17)10-14-7-5-9-18(14)11-12-6-3-4-8-15(12)16/h3-9,13H,2,10-11,17H2,1H3. The van der Waals surface area contributed by atoms with Crippen LogP contribution in [0.3, 0.4) is 0 Å². The minimum Gasteiger partial charge on any atom is -0.347 e. The fraction of sp³-hybridized carbons (Fsp3) is 0.333. The van der Waals surface area contributed by atoms with Gasteiger partial charge in [-0.2, -0.15) is 0 Å². The van der Waals surface area contributed by atoms with Crippen LogP contribution in [0.5, 0.6) is 0 Å². The lowest BCUT2D eigenvalue weighted by Gasteiger charge is -2.13. The van der Waals surface area contributed by atoms with Crippen molar-refractivity contribution >= 4 is 0 Å². The Kier molecular flexibility index (Phi) is 4.15. The summed E-state index contributed by atoms with van der Waals surface area (Å²) in [5.41, 5.74) is 7.84.